The molecule has 5 heteroatoms. The molecule has 1 amide bonds. The van der Waals surface area contributed by atoms with Gasteiger partial charge in [-0.2, -0.15) is 0 Å². The second-order valence-electron chi connectivity index (χ2n) is 5.45. The molecule has 114 valence electrons. The van der Waals surface area contributed by atoms with Crippen LogP contribution < -0.4 is 0 Å². The minimum absolute atomic E-state index is 0.165. The van der Waals surface area contributed by atoms with Gasteiger partial charge in [0, 0.05) is 18.2 Å². The molecular weight excluding hydrogens is 273 g/mol. The zero-order valence-electron chi connectivity index (χ0n) is 12.4. The Morgan fingerprint density at radius 1 is 1.33 bits per heavy atom. The Morgan fingerprint density at radius 3 is 2.76 bits per heavy atom. The molecule has 1 aromatic rings. The Bertz CT molecular complexity index is 524. The number of carbonyl (C=O) groups excluding carboxylic acids is 2. The maximum absolute atomic E-state index is 13.5. The van der Waals surface area contributed by atoms with Gasteiger partial charge in [0.2, 0.25) is 0 Å². The molecule has 21 heavy (non-hydrogen) atoms. The number of piperidine rings is 1. The lowest BCUT2D eigenvalue weighted by Gasteiger charge is -2.35. The van der Waals surface area contributed by atoms with Crippen LogP contribution >= 0.6 is 0 Å². The van der Waals surface area contributed by atoms with E-state index in [9.17, 15) is 14.0 Å². The standard InChI is InChI=1S/C16H20FNO3/c1-11-7-12(9-13(17)8-11)16(20)18-6-4-3-5-14(18)10-15(19)21-2/h7-9,14H,3-6,10H2,1-2H3/t14-/m0/s1. The van der Waals surface area contributed by atoms with Gasteiger partial charge in [-0.1, -0.05) is 0 Å². The van der Waals surface area contributed by atoms with Crippen molar-refractivity contribution in [3.05, 3.63) is 35.1 Å². The van der Waals surface area contributed by atoms with Crippen molar-refractivity contribution in [3.8, 4) is 0 Å². The monoisotopic (exact) mass is 293 g/mol. The van der Waals surface area contributed by atoms with Crippen LogP contribution in [0.25, 0.3) is 0 Å². The number of likely N-dealkylation sites (tertiary alicyclic amines) is 1. The maximum Gasteiger partial charge on any atom is 0.307 e. The fourth-order valence-electron chi connectivity index (χ4n) is 2.78. The first-order valence-corrected chi connectivity index (χ1v) is 7.16. The number of benzene rings is 1. The first kappa shape index (κ1) is 15.5. The third-order valence-corrected chi connectivity index (χ3v) is 3.81. The lowest BCUT2D eigenvalue weighted by molar-refractivity contribution is -0.142. The van der Waals surface area contributed by atoms with E-state index in [1.807, 2.05) is 0 Å². The molecule has 1 aliphatic heterocycles. The Hall–Kier alpha value is -1.91. The molecule has 4 nitrogen and oxygen atoms in total. The summed E-state index contributed by atoms with van der Waals surface area (Å²) in [6.07, 6.45) is 2.84. The summed E-state index contributed by atoms with van der Waals surface area (Å²) in [5, 5.41) is 0. The molecule has 1 saturated heterocycles. The van der Waals surface area contributed by atoms with Gasteiger partial charge >= 0.3 is 5.97 Å². The van der Waals surface area contributed by atoms with Crippen LogP contribution in [0.4, 0.5) is 4.39 Å². The van der Waals surface area contributed by atoms with Crippen LogP contribution in [0, 0.1) is 12.7 Å². The smallest absolute Gasteiger partial charge is 0.307 e. The van der Waals surface area contributed by atoms with Gasteiger partial charge in [0.15, 0.2) is 0 Å². The van der Waals surface area contributed by atoms with E-state index in [1.54, 1.807) is 17.9 Å². The highest BCUT2D eigenvalue weighted by molar-refractivity contribution is 5.95. The first-order chi connectivity index (χ1) is 10.0. The van der Waals surface area contributed by atoms with Crippen LogP contribution in [0.3, 0.4) is 0 Å². The molecule has 1 aliphatic rings. The van der Waals surface area contributed by atoms with Crippen molar-refractivity contribution in [2.24, 2.45) is 0 Å². The number of ether oxygens (including phenoxy) is 1. The summed E-state index contributed by atoms with van der Waals surface area (Å²) < 4.78 is 18.2. The summed E-state index contributed by atoms with van der Waals surface area (Å²) in [5.74, 6) is -0.957. The Kier molecular flexibility index (Phi) is 4.94. The molecule has 0 aromatic heterocycles. The van der Waals surface area contributed by atoms with Crippen molar-refractivity contribution in [3.63, 3.8) is 0 Å². The van der Waals surface area contributed by atoms with E-state index in [2.05, 4.69) is 4.74 Å². The summed E-state index contributed by atoms with van der Waals surface area (Å²) in [6.45, 7) is 2.35. The summed E-state index contributed by atoms with van der Waals surface area (Å²) >= 11 is 0. The van der Waals surface area contributed by atoms with Crippen molar-refractivity contribution in [2.75, 3.05) is 13.7 Å². The average Bonchev–Trinajstić information content (AvgIpc) is 2.46. The fraction of sp³-hybridized carbons (Fsp3) is 0.500. The second-order valence-corrected chi connectivity index (χ2v) is 5.45. The number of hydrogen-bond acceptors (Lipinski definition) is 3. The zero-order valence-corrected chi connectivity index (χ0v) is 12.4. The average molecular weight is 293 g/mol. The number of halogens is 1. The highest BCUT2D eigenvalue weighted by Crippen LogP contribution is 2.23. The number of hydrogen-bond donors (Lipinski definition) is 0. The normalized spacial score (nSPS) is 18.4. The van der Waals surface area contributed by atoms with Gasteiger partial charge < -0.3 is 9.64 Å². The van der Waals surface area contributed by atoms with Crippen LogP contribution in [-0.2, 0) is 9.53 Å². The van der Waals surface area contributed by atoms with Crippen molar-refractivity contribution >= 4 is 11.9 Å². The van der Waals surface area contributed by atoms with Gasteiger partial charge in [-0.25, -0.2) is 4.39 Å². The molecule has 1 heterocycles. The van der Waals surface area contributed by atoms with E-state index in [0.717, 1.165) is 19.3 Å². The van der Waals surface area contributed by atoms with Gasteiger partial charge in [0.1, 0.15) is 5.82 Å². The van der Waals surface area contributed by atoms with Crippen LogP contribution in [0.15, 0.2) is 18.2 Å². The summed E-state index contributed by atoms with van der Waals surface area (Å²) in [6, 6.07) is 4.15. The van der Waals surface area contributed by atoms with Crippen LogP contribution in [0.5, 0.6) is 0 Å². The van der Waals surface area contributed by atoms with E-state index in [4.69, 9.17) is 0 Å². The molecule has 1 fully saturated rings. The number of methoxy groups -OCH3 is 1. The fourth-order valence-corrected chi connectivity index (χ4v) is 2.78. The van der Waals surface area contributed by atoms with E-state index >= 15 is 0 Å². The molecule has 2 rings (SSSR count). The van der Waals surface area contributed by atoms with Crippen LogP contribution in [-0.4, -0.2) is 36.5 Å². The van der Waals surface area contributed by atoms with E-state index in [-0.39, 0.29) is 24.3 Å². The number of rotatable bonds is 3. The van der Waals surface area contributed by atoms with E-state index < -0.39 is 5.82 Å². The number of nitrogens with zero attached hydrogens (tertiary/aromatic N) is 1. The Labute approximate surface area is 123 Å². The second kappa shape index (κ2) is 6.70. The van der Waals surface area contributed by atoms with Gasteiger partial charge in [0.25, 0.3) is 5.91 Å². The minimum Gasteiger partial charge on any atom is -0.469 e. The lowest BCUT2D eigenvalue weighted by Crippen LogP contribution is -2.44. The Morgan fingerprint density at radius 2 is 2.10 bits per heavy atom. The summed E-state index contributed by atoms with van der Waals surface area (Å²) in [4.78, 5) is 25.7. The molecule has 0 radical (unpaired) electrons. The topological polar surface area (TPSA) is 46.6 Å². The minimum atomic E-state index is -0.417. The lowest BCUT2D eigenvalue weighted by atomic mass is 9.98. The predicted octanol–water partition coefficient (Wildman–Crippen LogP) is 2.69. The zero-order chi connectivity index (χ0) is 15.4. The molecule has 0 N–H and O–H groups in total. The van der Waals surface area contributed by atoms with E-state index in [1.165, 1.54) is 19.2 Å². The van der Waals surface area contributed by atoms with E-state index in [0.29, 0.717) is 17.7 Å². The highest BCUT2D eigenvalue weighted by atomic mass is 19.1. The molecule has 0 unspecified atom stereocenters. The predicted molar refractivity (Wildman–Crippen MR) is 76.4 cm³/mol. The first-order valence-electron chi connectivity index (χ1n) is 7.16. The third kappa shape index (κ3) is 3.80. The molecule has 1 aromatic carbocycles. The van der Waals surface area contributed by atoms with Gasteiger partial charge in [-0.15, -0.1) is 0 Å². The van der Waals surface area contributed by atoms with Gasteiger partial charge in [0.05, 0.1) is 13.5 Å². The van der Waals surface area contributed by atoms with Crippen molar-refractivity contribution in [1.29, 1.82) is 0 Å². The Balaban J connectivity index is 2.19. The third-order valence-electron chi connectivity index (χ3n) is 3.81. The molecule has 1 atom stereocenters. The van der Waals surface area contributed by atoms with Crippen LogP contribution in [0.1, 0.15) is 41.6 Å². The SMILES string of the molecule is COC(=O)C[C@@H]1CCCCN1C(=O)c1cc(C)cc(F)c1. The maximum atomic E-state index is 13.5. The molecule has 0 aliphatic carbocycles. The largest absolute Gasteiger partial charge is 0.469 e. The van der Waals surface area contributed by atoms with Crippen molar-refractivity contribution in [1.82, 2.24) is 4.90 Å². The van der Waals surface area contributed by atoms with Crippen molar-refractivity contribution < 1.29 is 18.7 Å². The molecule has 0 spiro atoms. The van der Waals surface area contributed by atoms with Crippen molar-refractivity contribution in [2.45, 2.75) is 38.6 Å². The molecule has 0 saturated carbocycles. The number of aryl methyl sites for hydroxylation is 1. The molecule has 0 bridgehead atoms. The molecular formula is C16H20FNO3. The number of amides is 1. The number of carbonyl (C=O) groups is 2. The van der Waals surface area contributed by atoms with Crippen LogP contribution in [0.2, 0.25) is 0 Å². The summed E-state index contributed by atoms with van der Waals surface area (Å²) in [5.41, 5.74) is 1.05. The van der Waals surface area contributed by atoms with Gasteiger partial charge in [-0.05, 0) is 49.9 Å². The summed E-state index contributed by atoms with van der Waals surface area (Å²) in [7, 11) is 1.34. The van der Waals surface area contributed by atoms with Gasteiger partial charge in [-0.3, -0.25) is 9.59 Å². The number of esters is 1. The highest BCUT2D eigenvalue weighted by Gasteiger charge is 2.29. The quantitative estimate of drug-likeness (QED) is 0.805.